The van der Waals surface area contributed by atoms with Gasteiger partial charge in [-0.1, -0.05) is 24.3 Å². The van der Waals surface area contributed by atoms with E-state index >= 15 is 0 Å². The van der Waals surface area contributed by atoms with Crippen LogP contribution in [0.4, 0.5) is 4.39 Å². The quantitative estimate of drug-likeness (QED) is 0.478. The third-order valence-corrected chi connectivity index (χ3v) is 4.93. The van der Waals surface area contributed by atoms with Crippen LogP contribution in [0, 0.1) is 29.5 Å². The summed E-state index contributed by atoms with van der Waals surface area (Å²) in [5.41, 5.74) is 0.651. The molecule has 0 radical (unpaired) electrons. The van der Waals surface area contributed by atoms with Crippen LogP contribution in [0.3, 0.4) is 0 Å². The maximum atomic E-state index is 12.9. The van der Waals surface area contributed by atoms with E-state index < -0.39 is 0 Å². The lowest BCUT2D eigenvalue weighted by Gasteiger charge is -2.37. The smallest absolute Gasteiger partial charge is 0.254 e. The van der Waals surface area contributed by atoms with E-state index in [9.17, 15) is 14.0 Å². The average Bonchev–Trinajstić information content (AvgIpc) is 2.82. The summed E-state index contributed by atoms with van der Waals surface area (Å²) in [6.07, 6.45) is 7.52. The van der Waals surface area contributed by atoms with Crippen LogP contribution < -0.4 is 0 Å². The van der Waals surface area contributed by atoms with Gasteiger partial charge in [-0.05, 0) is 42.4 Å². The van der Waals surface area contributed by atoms with E-state index in [1.54, 1.807) is 12.1 Å². The molecule has 4 nitrogen and oxygen atoms in total. The van der Waals surface area contributed by atoms with E-state index in [0.29, 0.717) is 5.56 Å². The number of halogens is 1. The summed E-state index contributed by atoms with van der Waals surface area (Å²) in [6.45, 7) is 0. The van der Waals surface area contributed by atoms with Crippen LogP contribution in [0.15, 0.2) is 41.5 Å². The molecule has 0 spiro atoms. The zero-order chi connectivity index (χ0) is 15.3. The molecule has 22 heavy (non-hydrogen) atoms. The van der Waals surface area contributed by atoms with Gasteiger partial charge in [0.05, 0.1) is 18.1 Å². The summed E-state index contributed by atoms with van der Waals surface area (Å²) in [5, 5.41) is 5.08. The highest BCUT2D eigenvalue weighted by molar-refractivity contribution is 6.06. The Morgan fingerprint density at radius 2 is 1.55 bits per heavy atom. The highest BCUT2D eigenvalue weighted by Crippen LogP contribution is 2.49. The first-order chi connectivity index (χ1) is 10.6. The van der Waals surface area contributed by atoms with Crippen LogP contribution in [0.25, 0.3) is 0 Å². The van der Waals surface area contributed by atoms with Crippen molar-refractivity contribution in [3.8, 4) is 0 Å². The third-order valence-electron chi connectivity index (χ3n) is 4.93. The number of amides is 2. The third kappa shape index (κ3) is 1.92. The van der Waals surface area contributed by atoms with E-state index in [1.807, 2.05) is 0 Å². The van der Waals surface area contributed by atoms with Crippen LogP contribution >= 0.6 is 0 Å². The molecule has 4 aliphatic rings. The van der Waals surface area contributed by atoms with E-state index in [4.69, 9.17) is 0 Å². The minimum atomic E-state index is -0.334. The van der Waals surface area contributed by atoms with Crippen molar-refractivity contribution in [1.29, 1.82) is 0 Å². The van der Waals surface area contributed by atoms with E-state index in [-0.39, 0.29) is 41.3 Å². The summed E-state index contributed by atoms with van der Waals surface area (Å²) in [6, 6.07) is 5.75. The number of rotatable bonds is 2. The Bertz CT molecular complexity index is 663. The Kier molecular flexibility index (Phi) is 2.96. The van der Waals surface area contributed by atoms with Gasteiger partial charge in [0.2, 0.25) is 0 Å². The molecule has 1 saturated heterocycles. The zero-order valence-electron chi connectivity index (χ0n) is 11.9. The summed E-state index contributed by atoms with van der Waals surface area (Å²) in [7, 11) is 0. The number of carbonyl (C=O) groups is 2. The summed E-state index contributed by atoms with van der Waals surface area (Å²) in [4.78, 5) is 25.0. The fraction of sp³-hybridized carbons (Fsp3) is 0.353. The standard InChI is InChI=1S/C17H15FN2O2/c18-13-7-1-10(2-8-13)9-19-20-16(21)14-11-3-4-12(6-5-11)15(14)17(20)22/h1-4,7-9,11-12,14-15H,5-6H2/b19-9-/t11-,12-,14-,15-/m0/s1. The SMILES string of the molecule is O=C1[C@@H]2[C@@H](C(=O)N1/N=C\c1ccc(F)cc1)[C@H]1C=C[C@H]2CC1. The predicted molar refractivity (Wildman–Crippen MR) is 78.2 cm³/mol. The van der Waals surface area contributed by atoms with Crippen LogP contribution in [-0.4, -0.2) is 23.0 Å². The lowest BCUT2D eigenvalue weighted by atomic mass is 9.63. The van der Waals surface area contributed by atoms with Gasteiger partial charge in [-0.2, -0.15) is 10.1 Å². The summed E-state index contributed by atoms with van der Waals surface area (Å²) in [5.74, 6) is -0.905. The molecule has 0 unspecified atom stereocenters. The summed E-state index contributed by atoms with van der Waals surface area (Å²) >= 11 is 0. The van der Waals surface area contributed by atoms with Gasteiger partial charge in [-0.25, -0.2) is 4.39 Å². The largest absolute Gasteiger partial charge is 0.272 e. The number of hydrogen-bond donors (Lipinski definition) is 0. The second kappa shape index (κ2) is 4.87. The molecule has 0 aromatic heterocycles. The molecular weight excluding hydrogens is 283 g/mol. The fourth-order valence-electron chi connectivity index (χ4n) is 3.85. The minimum absolute atomic E-state index is 0.164. The van der Waals surface area contributed by atoms with Crippen molar-refractivity contribution in [3.63, 3.8) is 0 Å². The second-order valence-corrected chi connectivity index (χ2v) is 6.13. The Labute approximate surface area is 127 Å². The van der Waals surface area contributed by atoms with Crippen molar-refractivity contribution in [2.75, 3.05) is 0 Å². The second-order valence-electron chi connectivity index (χ2n) is 6.13. The number of imide groups is 1. The number of fused-ring (bicyclic) bond motifs is 1. The molecule has 1 saturated carbocycles. The van der Waals surface area contributed by atoms with Crippen molar-refractivity contribution in [2.24, 2.45) is 28.8 Å². The predicted octanol–water partition coefficient (Wildman–Crippen LogP) is 2.36. The van der Waals surface area contributed by atoms with Crippen molar-refractivity contribution in [2.45, 2.75) is 12.8 Å². The van der Waals surface area contributed by atoms with Gasteiger partial charge >= 0.3 is 0 Å². The van der Waals surface area contributed by atoms with Crippen molar-refractivity contribution < 1.29 is 14.0 Å². The molecule has 5 rings (SSSR count). The first-order valence-electron chi connectivity index (χ1n) is 7.51. The lowest BCUT2D eigenvalue weighted by Crippen LogP contribution is -2.38. The molecule has 4 atom stereocenters. The Morgan fingerprint density at radius 3 is 2.05 bits per heavy atom. The first kappa shape index (κ1) is 13.4. The molecule has 2 fully saturated rings. The molecule has 2 bridgehead atoms. The van der Waals surface area contributed by atoms with Crippen LogP contribution in [-0.2, 0) is 9.59 Å². The molecule has 5 heteroatoms. The molecule has 1 aromatic rings. The van der Waals surface area contributed by atoms with E-state index in [1.165, 1.54) is 18.3 Å². The first-order valence-corrected chi connectivity index (χ1v) is 7.51. The molecule has 0 N–H and O–H groups in total. The highest BCUT2D eigenvalue weighted by atomic mass is 19.1. The van der Waals surface area contributed by atoms with E-state index in [2.05, 4.69) is 17.3 Å². The molecule has 2 amide bonds. The molecule has 112 valence electrons. The zero-order valence-corrected chi connectivity index (χ0v) is 11.9. The van der Waals surface area contributed by atoms with Gasteiger partial charge in [0.1, 0.15) is 5.82 Å². The van der Waals surface area contributed by atoms with Crippen LogP contribution in [0.2, 0.25) is 0 Å². The number of allylic oxidation sites excluding steroid dienone is 2. The molecule has 1 aliphatic heterocycles. The van der Waals surface area contributed by atoms with Crippen molar-refractivity contribution >= 4 is 18.0 Å². The fourth-order valence-corrected chi connectivity index (χ4v) is 3.85. The van der Waals surface area contributed by atoms with Gasteiger partial charge in [-0.15, -0.1) is 0 Å². The van der Waals surface area contributed by atoms with Gasteiger partial charge in [0.15, 0.2) is 0 Å². The minimum Gasteiger partial charge on any atom is -0.272 e. The monoisotopic (exact) mass is 298 g/mol. The van der Waals surface area contributed by atoms with Gasteiger partial charge in [-0.3, -0.25) is 9.59 Å². The average molecular weight is 298 g/mol. The van der Waals surface area contributed by atoms with Crippen LogP contribution in [0.5, 0.6) is 0 Å². The Balaban J connectivity index is 1.60. The number of hydrogen-bond acceptors (Lipinski definition) is 3. The molecule has 3 aliphatic carbocycles. The Hall–Kier alpha value is -2.30. The number of nitrogens with zero attached hydrogens (tertiary/aromatic N) is 2. The number of hydrazone groups is 1. The molecule has 1 aromatic carbocycles. The number of carbonyl (C=O) groups excluding carboxylic acids is 2. The van der Waals surface area contributed by atoms with Gasteiger partial charge in [0, 0.05) is 0 Å². The van der Waals surface area contributed by atoms with Crippen molar-refractivity contribution in [1.82, 2.24) is 5.01 Å². The highest BCUT2D eigenvalue weighted by Gasteiger charge is 2.56. The Morgan fingerprint density at radius 1 is 1.00 bits per heavy atom. The van der Waals surface area contributed by atoms with E-state index in [0.717, 1.165) is 17.9 Å². The topological polar surface area (TPSA) is 49.7 Å². The maximum Gasteiger partial charge on any atom is 0.254 e. The molecular formula is C17H15FN2O2. The molecule has 1 heterocycles. The van der Waals surface area contributed by atoms with Crippen LogP contribution in [0.1, 0.15) is 18.4 Å². The van der Waals surface area contributed by atoms with Crippen molar-refractivity contribution in [3.05, 3.63) is 47.8 Å². The normalized spacial score (nSPS) is 33.0. The van der Waals surface area contributed by atoms with Gasteiger partial charge < -0.3 is 0 Å². The lowest BCUT2D eigenvalue weighted by molar-refractivity contribution is -0.140. The van der Waals surface area contributed by atoms with Gasteiger partial charge in [0.25, 0.3) is 11.8 Å². The maximum absolute atomic E-state index is 12.9. The number of benzene rings is 1. The summed E-state index contributed by atoms with van der Waals surface area (Å²) < 4.78 is 12.9.